The van der Waals surface area contributed by atoms with E-state index in [1.165, 1.54) is 51.8 Å². The summed E-state index contributed by atoms with van der Waals surface area (Å²) in [7, 11) is 1.52. The lowest BCUT2D eigenvalue weighted by Crippen LogP contribution is -2.50. The minimum Gasteiger partial charge on any atom is -0.481 e. The van der Waals surface area contributed by atoms with E-state index >= 15 is 0 Å². The Kier molecular flexibility index (Phi) is 7.07. The van der Waals surface area contributed by atoms with Gasteiger partial charge in [-0.2, -0.15) is 0 Å². The molecule has 2 saturated carbocycles. The van der Waals surface area contributed by atoms with E-state index in [0.29, 0.717) is 23.5 Å². The van der Waals surface area contributed by atoms with Gasteiger partial charge in [0, 0.05) is 24.3 Å². The van der Waals surface area contributed by atoms with Gasteiger partial charge in [0.15, 0.2) is 6.61 Å². The van der Waals surface area contributed by atoms with Crippen molar-refractivity contribution >= 4 is 11.9 Å². The molecular formula is C21H30N2O4. The zero-order valence-electron chi connectivity index (χ0n) is 16.2. The van der Waals surface area contributed by atoms with Gasteiger partial charge < -0.3 is 14.4 Å². The van der Waals surface area contributed by atoms with Crippen molar-refractivity contribution in [2.75, 3.05) is 13.7 Å². The molecule has 0 spiro atoms. The van der Waals surface area contributed by atoms with Crippen LogP contribution in [0.3, 0.4) is 0 Å². The average Bonchev–Trinajstić information content (AvgIpc) is 2.74. The van der Waals surface area contributed by atoms with Crippen molar-refractivity contribution in [2.45, 2.75) is 76.3 Å². The second kappa shape index (κ2) is 9.72. The third kappa shape index (κ3) is 5.21. The lowest BCUT2D eigenvalue weighted by molar-refractivity contribution is -0.141. The van der Waals surface area contributed by atoms with E-state index in [1.54, 1.807) is 12.1 Å². The van der Waals surface area contributed by atoms with Gasteiger partial charge in [0.2, 0.25) is 5.88 Å². The molecule has 2 aliphatic carbocycles. The van der Waals surface area contributed by atoms with Gasteiger partial charge in [-0.3, -0.25) is 4.79 Å². The van der Waals surface area contributed by atoms with Crippen LogP contribution in [0.4, 0.5) is 0 Å². The van der Waals surface area contributed by atoms with Crippen LogP contribution in [0.25, 0.3) is 0 Å². The number of esters is 1. The second-order valence-electron chi connectivity index (χ2n) is 7.55. The summed E-state index contributed by atoms with van der Waals surface area (Å²) in [6.07, 6.45) is 12.9. The smallest absolute Gasteiger partial charge is 0.340 e. The first-order valence-corrected chi connectivity index (χ1v) is 10.2. The molecule has 0 aliphatic heterocycles. The highest BCUT2D eigenvalue weighted by molar-refractivity contribution is 5.91. The molecule has 2 aliphatic rings. The molecule has 0 aromatic carbocycles. The minimum atomic E-state index is -0.522. The van der Waals surface area contributed by atoms with Crippen molar-refractivity contribution in [2.24, 2.45) is 0 Å². The fraction of sp³-hybridized carbons (Fsp3) is 0.667. The number of carbonyl (C=O) groups excluding carboxylic acids is 2. The zero-order chi connectivity index (χ0) is 19.1. The van der Waals surface area contributed by atoms with Gasteiger partial charge in [-0.05, 0) is 31.7 Å². The third-order valence-electron chi connectivity index (χ3n) is 5.73. The summed E-state index contributed by atoms with van der Waals surface area (Å²) in [5.41, 5.74) is 0.325. The number of carbonyl (C=O) groups is 2. The molecule has 6 heteroatoms. The molecule has 1 heterocycles. The molecule has 0 unspecified atom stereocenters. The number of amides is 1. The summed E-state index contributed by atoms with van der Waals surface area (Å²) < 4.78 is 10.3. The standard InChI is InChI=1S/C21H30N2O4/c1-26-19-13-12-16(14-22-19)21(25)27-15-20(24)23(17-8-4-2-5-9-17)18-10-6-3-7-11-18/h12-14,17-18H,2-11,15H2,1H3. The fourth-order valence-corrected chi connectivity index (χ4v) is 4.33. The van der Waals surface area contributed by atoms with Crippen LogP contribution in [0, 0.1) is 0 Å². The number of aromatic nitrogens is 1. The normalized spacial score (nSPS) is 18.7. The van der Waals surface area contributed by atoms with Crippen LogP contribution in [0.5, 0.6) is 5.88 Å². The summed E-state index contributed by atoms with van der Waals surface area (Å²) in [5.74, 6) is -0.141. The fourth-order valence-electron chi connectivity index (χ4n) is 4.33. The lowest BCUT2D eigenvalue weighted by Gasteiger charge is -2.41. The Bertz CT molecular complexity index is 602. The zero-order valence-corrected chi connectivity index (χ0v) is 16.2. The van der Waals surface area contributed by atoms with Gasteiger partial charge in [-0.1, -0.05) is 38.5 Å². The molecule has 148 valence electrons. The summed E-state index contributed by atoms with van der Waals surface area (Å²) in [4.78, 5) is 31.3. The quantitative estimate of drug-likeness (QED) is 0.710. The van der Waals surface area contributed by atoms with E-state index in [1.807, 2.05) is 0 Å². The van der Waals surface area contributed by atoms with Crippen LogP contribution < -0.4 is 4.74 Å². The molecule has 1 amide bonds. The highest BCUT2D eigenvalue weighted by Gasteiger charge is 2.32. The number of hydrogen-bond acceptors (Lipinski definition) is 5. The van der Waals surface area contributed by atoms with Crippen molar-refractivity contribution < 1.29 is 19.1 Å². The Morgan fingerprint density at radius 1 is 1.00 bits per heavy atom. The largest absolute Gasteiger partial charge is 0.481 e. The van der Waals surface area contributed by atoms with E-state index in [0.717, 1.165) is 25.7 Å². The van der Waals surface area contributed by atoms with Crippen molar-refractivity contribution in [3.8, 4) is 5.88 Å². The Balaban J connectivity index is 1.61. The number of ether oxygens (including phenoxy) is 2. The lowest BCUT2D eigenvalue weighted by atomic mass is 9.88. The van der Waals surface area contributed by atoms with Crippen LogP contribution in [0.2, 0.25) is 0 Å². The SMILES string of the molecule is COc1ccc(C(=O)OCC(=O)N(C2CCCCC2)C2CCCCC2)cn1. The molecule has 0 bridgehead atoms. The Labute approximate surface area is 161 Å². The molecule has 0 N–H and O–H groups in total. The summed E-state index contributed by atoms with van der Waals surface area (Å²) in [6, 6.07) is 3.80. The maximum atomic E-state index is 13.0. The van der Waals surface area contributed by atoms with E-state index in [-0.39, 0.29) is 12.5 Å². The molecule has 0 atom stereocenters. The predicted molar refractivity (Wildman–Crippen MR) is 102 cm³/mol. The summed E-state index contributed by atoms with van der Waals surface area (Å²) in [6.45, 7) is -0.197. The Morgan fingerprint density at radius 3 is 2.07 bits per heavy atom. The van der Waals surface area contributed by atoms with Crippen LogP contribution in [0.15, 0.2) is 18.3 Å². The van der Waals surface area contributed by atoms with Crippen LogP contribution in [0.1, 0.15) is 74.6 Å². The van der Waals surface area contributed by atoms with Gasteiger partial charge in [-0.25, -0.2) is 9.78 Å². The van der Waals surface area contributed by atoms with Crippen molar-refractivity contribution in [3.63, 3.8) is 0 Å². The Hall–Kier alpha value is -2.11. The molecule has 2 fully saturated rings. The van der Waals surface area contributed by atoms with Gasteiger partial charge in [0.25, 0.3) is 5.91 Å². The van der Waals surface area contributed by atoms with E-state index in [4.69, 9.17) is 9.47 Å². The topological polar surface area (TPSA) is 68.7 Å². The first-order valence-electron chi connectivity index (χ1n) is 10.2. The third-order valence-corrected chi connectivity index (χ3v) is 5.73. The monoisotopic (exact) mass is 374 g/mol. The number of nitrogens with zero attached hydrogens (tertiary/aromatic N) is 2. The molecule has 3 rings (SSSR count). The van der Waals surface area contributed by atoms with Crippen molar-refractivity contribution in [1.82, 2.24) is 9.88 Å². The summed E-state index contributed by atoms with van der Waals surface area (Å²) >= 11 is 0. The Morgan fingerprint density at radius 2 is 1.59 bits per heavy atom. The minimum absolute atomic E-state index is 0.0522. The number of pyridine rings is 1. The van der Waals surface area contributed by atoms with Crippen LogP contribution in [-0.4, -0.2) is 47.6 Å². The van der Waals surface area contributed by atoms with E-state index in [9.17, 15) is 9.59 Å². The summed E-state index contributed by atoms with van der Waals surface area (Å²) in [5, 5.41) is 0. The molecule has 0 saturated heterocycles. The number of methoxy groups -OCH3 is 1. The van der Waals surface area contributed by atoms with Gasteiger partial charge in [0.1, 0.15) is 0 Å². The predicted octanol–water partition coefficient (Wildman–Crippen LogP) is 3.74. The molecule has 1 aromatic rings. The molecule has 1 aromatic heterocycles. The van der Waals surface area contributed by atoms with Gasteiger partial charge >= 0.3 is 5.97 Å². The number of rotatable bonds is 6. The van der Waals surface area contributed by atoms with E-state index in [2.05, 4.69) is 9.88 Å². The first kappa shape index (κ1) is 19.6. The number of hydrogen-bond donors (Lipinski definition) is 0. The maximum absolute atomic E-state index is 13.0. The van der Waals surface area contributed by atoms with E-state index < -0.39 is 5.97 Å². The van der Waals surface area contributed by atoms with Crippen LogP contribution in [-0.2, 0) is 9.53 Å². The average molecular weight is 374 g/mol. The molecule has 27 heavy (non-hydrogen) atoms. The first-order chi connectivity index (χ1) is 13.2. The van der Waals surface area contributed by atoms with Gasteiger partial charge in [-0.15, -0.1) is 0 Å². The van der Waals surface area contributed by atoms with Gasteiger partial charge in [0.05, 0.1) is 12.7 Å². The van der Waals surface area contributed by atoms with Crippen molar-refractivity contribution in [3.05, 3.63) is 23.9 Å². The van der Waals surface area contributed by atoms with Crippen molar-refractivity contribution in [1.29, 1.82) is 0 Å². The van der Waals surface area contributed by atoms with Crippen LogP contribution >= 0.6 is 0 Å². The molecule has 0 radical (unpaired) electrons. The highest BCUT2D eigenvalue weighted by Crippen LogP contribution is 2.30. The highest BCUT2D eigenvalue weighted by atomic mass is 16.5. The molecular weight excluding hydrogens is 344 g/mol. The second-order valence-corrected chi connectivity index (χ2v) is 7.55. The maximum Gasteiger partial charge on any atom is 0.340 e. The molecule has 6 nitrogen and oxygen atoms in total.